The van der Waals surface area contributed by atoms with Crippen molar-refractivity contribution < 1.29 is 23.9 Å². The molecule has 11 heteroatoms. The second kappa shape index (κ2) is 10.9. The molecule has 0 saturated carbocycles. The number of hydrogen-bond donors (Lipinski definition) is 3. The van der Waals surface area contributed by atoms with Crippen LogP contribution in [0.15, 0.2) is 41.5 Å². The smallest absolute Gasteiger partial charge is 0.326 e. The number of carbonyl (C=O) groups is 3. The molecule has 4 fully saturated rings. The number of thioether (sulfide) groups is 1. The van der Waals surface area contributed by atoms with Crippen molar-refractivity contribution >= 4 is 35.3 Å². The van der Waals surface area contributed by atoms with E-state index < -0.39 is 0 Å². The first-order valence-corrected chi connectivity index (χ1v) is 14.6. The molecule has 0 bridgehead atoms. The van der Waals surface area contributed by atoms with Crippen molar-refractivity contribution in [2.45, 2.75) is 56.2 Å². The lowest BCUT2D eigenvalue weighted by Gasteiger charge is -2.46. The van der Waals surface area contributed by atoms with Gasteiger partial charge in [0.15, 0.2) is 0 Å². The Kier molecular flexibility index (Phi) is 7.30. The number of nitrogens with one attached hydrogen (secondary N) is 3. The van der Waals surface area contributed by atoms with Gasteiger partial charge in [0.2, 0.25) is 5.91 Å². The Labute approximate surface area is 232 Å². The maximum atomic E-state index is 13.6. The summed E-state index contributed by atoms with van der Waals surface area (Å²) >= 11 is 1.49. The van der Waals surface area contributed by atoms with Crippen molar-refractivity contribution in [2.75, 3.05) is 37.7 Å². The van der Waals surface area contributed by atoms with Crippen molar-refractivity contribution in [1.29, 1.82) is 0 Å². The van der Waals surface area contributed by atoms with E-state index in [1.165, 1.54) is 17.8 Å². The van der Waals surface area contributed by atoms with Crippen LogP contribution in [-0.2, 0) is 14.3 Å². The highest BCUT2D eigenvalue weighted by Gasteiger charge is 2.52. The minimum Gasteiger partial charge on any atom is -0.488 e. The molecule has 4 saturated heterocycles. The zero-order valence-electron chi connectivity index (χ0n) is 22.1. The second-order valence-corrected chi connectivity index (χ2v) is 11.9. The van der Waals surface area contributed by atoms with E-state index in [0.29, 0.717) is 30.3 Å². The number of aryl methyl sites for hydroxylation is 1. The quantitative estimate of drug-likeness (QED) is 0.464. The molecule has 6 rings (SSSR count). The van der Waals surface area contributed by atoms with E-state index in [2.05, 4.69) is 22.5 Å². The SMILES string of the molecule is C=CC(=O)N1CCC[C@@H](NC(=O)C2=C3NC(=O)N(c4ccc(O[C@H]5CCOC5)cc4C)C4CCNC(S2)C34)C1. The molecular weight excluding hydrogens is 518 g/mol. The van der Waals surface area contributed by atoms with Crippen LogP contribution in [0.2, 0.25) is 0 Å². The molecule has 0 radical (unpaired) electrons. The molecule has 208 valence electrons. The molecule has 4 amide bonds. The third-order valence-electron chi connectivity index (χ3n) is 8.21. The molecule has 1 aromatic rings. The van der Waals surface area contributed by atoms with Gasteiger partial charge in [0.25, 0.3) is 5.91 Å². The average Bonchev–Trinajstić information content (AvgIpc) is 3.58. The highest BCUT2D eigenvalue weighted by atomic mass is 32.2. The van der Waals surface area contributed by atoms with Crippen LogP contribution in [0.25, 0.3) is 0 Å². The van der Waals surface area contributed by atoms with Crippen LogP contribution in [0.1, 0.15) is 31.2 Å². The van der Waals surface area contributed by atoms with E-state index in [1.54, 1.807) is 4.90 Å². The molecular formula is C28H35N5O5S. The van der Waals surface area contributed by atoms with Gasteiger partial charge in [-0.3, -0.25) is 14.5 Å². The number of rotatable bonds is 6. The highest BCUT2D eigenvalue weighted by Crippen LogP contribution is 2.48. The minimum atomic E-state index is -0.221. The van der Waals surface area contributed by atoms with Crippen LogP contribution in [0, 0.1) is 12.8 Å². The zero-order valence-corrected chi connectivity index (χ0v) is 22.9. The van der Waals surface area contributed by atoms with E-state index >= 15 is 0 Å². The lowest BCUT2D eigenvalue weighted by atomic mass is 9.86. The third-order valence-corrected chi connectivity index (χ3v) is 9.56. The van der Waals surface area contributed by atoms with Crippen molar-refractivity contribution in [1.82, 2.24) is 20.9 Å². The summed E-state index contributed by atoms with van der Waals surface area (Å²) in [6.45, 7) is 8.78. The molecule has 5 heterocycles. The van der Waals surface area contributed by atoms with Gasteiger partial charge in [-0.2, -0.15) is 0 Å². The van der Waals surface area contributed by atoms with Gasteiger partial charge in [-0.05, 0) is 62.6 Å². The van der Waals surface area contributed by atoms with Gasteiger partial charge in [0.05, 0.1) is 29.5 Å². The second-order valence-electron chi connectivity index (χ2n) is 10.8. The zero-order chi connectivity index (χ0) is 27.1. The number of urea groups is 1. The molecule has 3 N–H and O–H groups in total. The van der Waals surface area contributed by atoms with Crippen LogP contribution in [0.3, 0.4) is 0 Å². The number of anilines is 1. The van der Waals surface area contributed by atoms with Gasteiger partial charge < -0.3 is 30.3 Å². The first kappa shape index (κ1) is 26.2. The Morgan fingerprint density at radius 2 is 2.15 bits per heavy atom. The average molecular weight is 554 g/mol. The normalized spacial score (nSPS) is 30.1. The summed E-state index contributed by atoms with van der Waals surface area (Å²) in [5.74, 6) is 0.439. The fourth-order valence-corrected chi connectivity index (χ4v) is 7.75. The Morgan fingerprint density at radius 1 is 1.28 bits per heavy atom. The van der Waals surface area contributed by atoms with Crippen molar-refractivity contribution in [3.05, 3.63) is 47.0 Å². The van der Waals surface area contributed by atoms with Gasteiger partial charge in [0.1, 0.15) is 11.9 Å². The molecule has 10 nitrogen and oxygen atoms in total. The lowest BCUT2D eigenvalue weighted by Crippen LogP contribution is -2.62. The standard InChI is InChI=1S/C28H35N5O5S/c1-3-22(34)32-11-4-5-17(14-32)30-26(35)25-24-23-21(8-10-29-27(23)39-25)33(28(36)31-24)20-7-6-18(13-16(20)2)38-19-9-12-37-15-19/h3,6-7,13,17,19,21,23,27,29H,1,4-5,8-12,14-15H2,2H3,(H,30,35)(H,31,36)/t17-,19+,21?,23?,27?/m1/s1. The van der Waals surface area contributed by atoms with Gasteiger partial charge in [-0.1, -0.05) is 18.3 Å². The summed E-state index contributed by atoms with van der Waals surface area (Å²) in [4.78, 5) is 43.3. The number of nitrogens with zero attached hydrogens (tertiary/aromatic N) is 2. The summed E-state index contributed by atoms with van der Waals surface area (Å²) in [7, 11) is 0. The van der Waals surface area contributed by atoms with Crippen LogP contribution in [0.5, 0.6) is 5.75 Å². The Hall–Kier alpha value is -3.02. The summed E-state index contributed by atoms with van der Waals surface area (Å²) in [5.41, 5.74) is 2.52. The third kappa shape index (κ3) is 5.03. The molecule has 1 aromatic carbocycles. The van der Waals surface area contributed by atoms with E-state index in [4.69, 9.17) is 9.47 Å². The maximum absolute atomic E-state index is 13.6. The fourth-order valence-electron chi connectivity index (χ4n) is 6.35. The van der Waals surface area contributed by atoms with Crippen molar-refractivity contribution in [2.24, 2.45) is 5.92 Å². The Balaban J connectivity index is 1.21. The molecule has 0 spiro atoms. The van der Waals surface area contributed by atoms with Crippen LogP contribution >= 0.6 is 11.8 Å². The molecule has 0 aromatic heterocycles. The van der Waals surface area contributed by atoms with Gasteiger partial charge >= 0.3 is 6.03 Å². The molecule has 3 unspecified atom stereocenters. The molecule has 39 heavy (non-hydrogen) atoms. The summed E-state index contributed by atoms with van der Waals surface area (Å²) in [5, 5.41) is 9.75. The molecule has 5 aliphatic heterocycles. The van der Waals surface area contributed by atoms with E-state index in [1.807, 2.05) is 30.0 Å². The van der Waals surface area contributed by atoms with E-state index in [9.17, 15) is 14.4 Å². The van der Waals surface area contributed by atoms with E-state index in [0.717, 1.165) is 55.8 Å². The fraction of sp³-hybridized carbons (Fsp3) is 0.536. The number of likely N-dealkylation sites (tertiary alicyclic amines) is 1. The Morgan fingerprint density at radius 3 is 2.92 bits per heavy atom. The van der Waals surface area contributed by atoms with Gasteiger partial charge in [-0.15, -0.1) is 0 Å². The molecule has 5 atom stereocenters. The summed E-state index contributed by atoms with van der Waals surface area (Å²) < 4.78 is 11.5. The Bertz CT molecular complexity index is 1210. The van der Waals surface area contributed by atoms with Crippen molar-refractivity contribution in [3.63, 3.8) is 0 Å². The lowest BCUT2D eigenvalue weighted by molar-refractivity contribution is -0.128. The number of ether oxygens (including phenoxy) is 2. The largest absolute Gasteiger partial charge is 0.488 e. The predicted octanol–water partition coefficient (Wildman–Crippen LogP) is 2.25. The van der Waals surface area contributed by atoms with Crippen LogP contribution in [-0.4, -0.2) is 79.2 Å². The number of carbonyl (C=O) groups excluding carboxylic acids is 3. The number of piperidine rings is 2. The first-order valence-electron chi connectivity index (χ1n) is 13.7. The summed E-state index contributed by atoms with van der Waals surface area (Å²) in [6.07, 6.45) is 4.66. The monoisotopic (exact) mass is 553 g/mol. The highest BCUT2D eigenvalue weighted by molar-refractivity contribution is 8.04. The topological polar surface area (TPSA) is 112 Å². The van der Waals surface area contributed by atoms with Gasteiger partial charge in [-0.25, -0.2) is 4.79 Å². The molecule has 0 aliphatic carbocycles. The van der Waals surface area contributed by atoms with Gasteiger partial charge in [0, 0.05) is 42.9 Å². The van der Waals surface area contributed by atoms with Crippen LogP contribution in [0.4, 0.5) is 10.5 Å². The maximum Gasteiger partial charge on any atom is 0.326 e. The number of hydrogen-bond acceptors (Lipinski definition) is 7. The number of amides is 4. The molecule has 5 aliphatic rings. The summed E-state index contributed by atoms with van der Waals surface area (Å²) in [6, 6.07) is 5.44. The van der Waals surface area contributed by atoms with E-state index in [-0.39, 0.29) is 47.3 Å². The minimum absolute atomic E-state index is 0.00178. The van der Waals surface area contributed by atoms with Crippen molar-refractivity contribution in [3.8, 4) is 5.75 Å². The first-order chi connectivity index (χ1) is 18.9. The number of benzene rings is 1. The predicted molar refractivity (Wildman–Crippen MR) is 148 cm³/mol. The van der Waals surface area contributed by atoms with Crippen LogP contribution < -0.4 is 25.6 Å².